The number of likely N-dealkylation sites (tertiary alicyclic amines) is 1. The van der Waals surface area contributed by atoms with Gasteiger partial charge in [-0.15, -0.1) is 0 Å². The number of anilines is 1. The standard InChI is InChI=1S/C15H23N3O4S/c1-3-17-9-5-4-6-13(17)11-16-12-7-8-14(18(19)20)15(10-12)23(2,21)22/h7-8,10,13,16H,3-6,9,11H2,1-2H3. The molecule has 0 bridgehead atoms. The fourth-order valence-corrected chi connectivity index (χ4v) is 3.88. The molecule has 0 spiro atoms. The maximum atomic E-state index is 11.8. The zero-order valence-corrected chi connectivity index (χ0v) is 14.3. The Balaban J connectivity index is 2.16. The molecule has 1 saturated heterocycles. The molecule has 0 radical (unpaired) electrons. The van der Waals surface area contributed by atoms with Gasteiger partial charge in [0.15, 0.2) is 9.84 Å². The molecule has 1 unspecified atom stereocenters. The van der Waals surface area contributed by atoms with Crippen LogP contribution in [0.4, 0.5) is 11.4 Å². The Morgan fingerprint density at radius 3 is 2.74 bits per heavy atom. The summed E-state index contributed by atoms with van der Waals surface area (Å²) < 4.78 is 23.5. The number of nitro benzene ring substituents is 1. The van der Waals surface area contributed by atoms with Crippen LogP contribution in [0, 0.1) is 10.1 Å². The van der Waals surface area contributed by atoms with E-state index in [0.717, 1.165) is 25.8 Å². The number of hydrogen-bond acceptors (Lipinski definition) is 6. The van der Waals surface area contributed by atoms with E-state index >= 15 is 0 Å². The predicted molar refractivity (Wildman–Crippen MR) is 89.6 cm³/mol. The average Bonchev–Trinajstić information content (AvgIpc) is 2.52. The van der Waals surface area contributed by atoms with Crippen LogP contribution in [0.5, 0.6) is 0 Å². The predicted octanol–water partition coefficient (Wildman–Crippen LogP) is 2.28. The van der Waals surface area contributed by atoms with Gasteiger partial charge >= 0.3 is 0 Å². The lowest BCUT2D eigenvalue weighted by Gasteiger charge is -2.35. The maximum Gasteiger partial charge on any atom is 0.288 e. The van der Waals surface area contributed by atoms with Gasteiger partial charge in [0.2, 0.25) is 0 Å². The first-order chi connectivity index (χ1) is 10.8. The lowest BCUT2D eigenvalue weighted by molar-refractivity contribution is -0.387. The smallest absolute Gasteiger partial charge is 0.288 e. The topological polar surface area (TPSA) is 92.5 Å². The minimum atomic E-state index is -3.65. The second-order valence-electron chi connectivity index (χ2n) is 5.87. The van der Waals surface area contributed by atoms with Crippen LogP contribution in [0.25, 0.3) is 0 Å². The Morgan fingerprint density at radius 2 is 2.13 bits per heavy atom. The Bertz CT molecular complexity index is 675. The van der Waals surface area contributed by atoms with Crippen molar-refractivity contribution in [2.75, 3.05) is 31.2 Å². The fraction of sp³-hybridized carbons (Fsp3) is 0.600. The number of nitrogens with zero attached hydrogens (tertiary/aromatic N) is 2. The van der Waals surface area contributed by atoms with Crippen molar-refractivity contribution in [3.63, 3.8) is 0 Å². The van der Waals surface area contributed by atoms with Gasteiger partial charge < -0.3 is 5.32 Å². The van der Waals surface area contributed by atoms with Crippen LogP contribution >= 0.6 is 0 Å². The number of sulfone groups is 1. The quantitative estimate of drug-likeness (QED) is 0.630. The van der Waals surface area contributed by atoms with E-state index in [1.165, 1.54) is 25.0 Å². The molecule has 8 heteroatoms. The Hall–Kier alpha value is -1.67. The second-order valence-corrected chi connectivity index (χ2v) is 7.86. The average molecular weight is 341 g/mol. The molecule has 23 heavy (non-hydrogen) atoms. The molecular weight excluding hydrogens is 318 g/mol. The lowest BCUT2D eigenvalue weighted by atomic mass is 10.0. The highest BCUT2D eigenvalue weighted by Crippen LogP contribution is 2.27. The summed E-state index contributed by atoms with van der Waals surface area (Å²) in [6.45, 7) is 4.90. The van der Waals surface area contributed by atoms with Gasteiger partial charge in [0.1, 0.15) is 4.90 Å². The van der Waals surface area contributed by atoms with E-state index in [0.29, 0.717) is 18.3 Å². The third kappa shape index (κ3) is 4.42. The van der Waals surface area contributed by atoms with E-state index in [9.17, 15) is 18.5 Å². The van der Waals surface area contributed by atoms with Crippen molar-refractivity contribution in [3.05, 3.63) is 28.3 Å². The molecule has 1 aliphatic heterocycles. The summed E-state index contributed by atoms with van der Waals surface area (Å²) >= 11 is 0. The van der Waals surface area contributed by atoms with Gasteiger partial charge in [0.25, 0.3) is 5.69 Å². The van der Waals surface area contributed by atoms with Gasteiger partial charge in [-0.25, -0.2) is 8.42 Å². The van der Waals surface area contributed by atoms with Gasteiger partial charge in [-0.05, 0) is 38.1 Å². The largest absolute Gasteiger partial charge is 0.383 e. The number of rotatable bonds is 6. The van der Waals surface area contributed by atoms with Crippen LogP contribution < -0.4 is 5.32 Å². The Kier molecular flexibility index (Phi) is 5.59. The second kappa shape index (κ2) is 7.27. The molecule has 1 aromatic carbocycles. The number of nitro groups is 1. The van der Waals surface area contributed by atoms with Crippen molar-refractivity contribution in [2.24, 2.45) is 0 Å². The lowest BCUT2D eigenvalue weighted by Crippen LogP contribution is -2.43. The molecule has 1 N–H and O–H groups in total. The van der Waals surface area contributed by atoms with Crippen molar-refractivity contribution in [2.45, 2.75) is 37.1 Å². The van der Waals surface area contributed by atoms with Crippen LogP contribution in [0.3, 0.4) is 0 Å². The summed E-state index contributed by atoms with van der Waals surface area (Å²) in [6, 6.07) is 4.57. The monoisotopic (exact) mass is 341 g/mol. The first-order valence-corrected chi connectivity index (χ1v) is 9.68. The molecular formula is C15H23N3O4S. The molecule has 1 atom stereocenters. The zero-order valence-electron chi connectivity index (χ0n) is 13.5. The van der Waals surface area contributed by atoms with Crippen LogP contribution in [-0.2, 0) is 9.84 Å². The van der Waals surface area contributed by atoms with Crippen molar-refractivity contribution < 1.29 is 13.3 Å². The maximum absolute atomic E-state index is 11.8. The van der Waals surface area contributed by atoms with Gasteiger partial charge in [-0.2, -0.15) is 0 Å². The third-order valence-corrected chi connectivity index (χ3v) is 5.38. The molecule has 0 amide bonds. The summed E-state index contributed by atoms with van der Waals surface area (Å²) in [5.74, 6) is 0. The van der Waals surface area contributed by atoms with E-state index in [1.807, 2.05) is 0 Å². The summed E-state index contributed by atoms with van der Waals surface area (Å²) in [4.78, 5) is 12.5. The highest BCUT2D eigenvalue weighted by Gasteiger charge is 2.24. The normalized spacial score (nSPS) is 19.5. The number of nitrogens with one attached hydrogen (secondary N) is 1. The molecule has 2 rings (SSSR count). The van der Waals surface area contributed by atoms with Crippen molar-refractivity contribution >= 4 is 21.2 Å². The number of hydrogen-bond donors (Lipinski definition) is 1. The van der Waals surface area contributed by atoms with Gasteiger partial charge in [-0.1, -0.05) is 13.3 Å². The summed E-state index contributed by atoms with van der Waals surface area (Å²) in [6.07, 6.45) is 4.49. The van der Waals surface area contributed by atoms with Crippen LogP contribution in [0.1, 0.15) is 26.2 Å². The molecule has 1 aromatic rings. The molecule has 0 aliphatic carbocycles. The number of piperidine rings is 1. The van der Waals surface area contributed by atoms with E-state index in [1.54, 1.807) is 6.07 Å². The van der Waals surface area contributed by atoms with Crippen LogP contribution in [0.2, 0.25) is 0 Å². The summed E-state index contributed by atoms with van der Waals surface area (Å²) in [5.41, 5.74) is 0.212. The molecule has 1 aliphatic rings. The third-order valence-electron chi connectivity index (χ3n) is 4.25. The highest BCUT2D eigenvalue weighted by atomic mass is 32.2. The fourth-order valence-electron chi connectivity index (χ4n) is 3.02. The molecule has 7 nitrogen and oxygen atoms in total. The van der Waals surface area contributed by atoms with Crippen LogP contribution in [0.15, 0.2) is 23.1 Å². The molecule has 0 saturated carbocycles. The van der Waals surface area contributed by atoms with E-state index < -0.39 is 14.8 Å². The highest BCUT2D eigenvalue weighted by molar-refractivity contribution is 7.90. The summed E-state index contributed by atoms with van der Waals surface area (Å²) in [5, 5.41) is 14.2. The van der Waals surface area contributed by atoms with E-state index in [4.69, 9.17) is 0 Å². The van der Waals surface area contributed by atoms with Gasteiger partial charge in [0.05, 0.1) is 4.92 Å². The Morgan fingerprint density at radius 1 is 1.39 bits per heavy atom. The molecule has 1 fully saturated rings. The summed E-state index contributed by atoms with van der Waals surface area (Å²) in [7, 11) is -3.65. The van der Waals surface area contributed by atoms with Gasteiger partial charge in [-0.3, -0.25) is 15.0 Å². The Labute approximate surface area is 136 Å². The minimum absolute atomic E-state index is 0.247. The minimum Gasteiger partial charge on any atom is -0.383 e. The van der Waals surface area contributed by atoms with E-state index in [-0.39, 0.29) is 10.6 Å². The van der Waals surface area contributed by atoms with Crippen molar-refractivity contribution in [1.82, 2.24) is 4.90 Å². The number of likely N-dealkylation sites (N-methyl/N-ethyl adjacent to an activating group) is 1. The SMILES string of the molecule is CCN1CCCCC1CNc1ccc([N+](=O)[O-])c(S(C)(=O)=O)c1. The first-order valence-electron chi connectivity index (χ1n) is 7.79. The van der Waals surface area contributed by atoms with Crippen molar-refractivity contribution in [3.8, 4) is 0 Å². The molecule has 1 heterocycles. The molecule has 128 valence electrons. The zero-order chi connectivity index (χ0) is 17.0. The molecule has 0 aromatic heterocycles. The first kappa shape index (κ1) is 17.7. The van der Waals surface area contributed by atoms with Crippen molar-refractivity contribution in [1.29, 1.82) is 0 Å². The van der Waals surface area contributed by atoms with Gasteiger partial charge in [0, 0.05) is 30.6 Å². The number of benzene rings is 1. The van der Waals surface area contributed by atoms with E-state index in [2.05, 4.69) is 17.1 Å². The van der Waals surface area contributed by atoms with Crippen LogP contribution in [-0.4, -0.2) is 50.2 Å².